The summed E-state index contributed by atoms with van der Waals surface area (Å²) in [6.07, 6.45) is 5.90. The molecule has 1 amide bonds. The van der Waals surface area contributed by atoms with Crippen molar-refractivity contribution < 1.29 is 9.90 Å². The van der Waals surface area contributed by atoms with E-state index < -0.39 is 5.54 Å². The average Bonchev–Trinajstić information content (AvgIpc) is 3.67. The highest BCUT2D eigenvalue weighted by Crippen LogP contribution is 2.50. The average molecular weight is 448 g/mol. The van der Waals surface area contributed by atoms with Crippen molar-refractivity contribution in [3.63, 3.8) is 0 Å². The molecule has 0 spiro atoms. The molecular formula is C28H37N3O2. The highest BCUT2D eigenvalue weighted by Gasteiger charge is 2.58. The molecule has 1 unspecified atom stereocenters. The third-order valence-corrected chi connectivity index (χ3v) is 7.03. The van der Waals surface area contributed by atoms with Crippen LogP contribution in [0.1, 0.15) is 51.5 Å². The fraction of sp³-hybridized carbons (Fsp3) is 0.464. The van der Waals surface area contributed by atoms with Crippen LogP contribution >= 0.6 is 0 Å². The number of hydrogen-bond donors (Lipinski definition) is 2. The molecule has 2 aliphatic heterocycles. The third-order valence-electron chi connectivity index (χ3n) is 7.03. The summed E-state index contributed by atoms with van der Waals surface area (Å²) < 4.78 is 0. The number of likely N-dealkylation sites (tertiary alicyclic amines) is 1. The Bertz CT molecular complexity index is 994. The van der Waals surface area contributed by atoms with Crippen LogP contribution in [0.3, 0.4) is 0 Å². The molecule has 2 heterocycles. The number of carbonyl (C=O) groups is 1. The number of rotatable bonds is 6. The molecule has 176 valence electrons. The molecule has 2 saturated heterocycles. The first-order chi connectivity index (χ1) is 16.1. The van der Waals surface area contributed by atoms with Gasteiger partial charge < -0.3 is 15.3 Å². The summed E-state index contributed by atoms with van der Waals surface area (Å²) in [5.74, 6) is 1.38. The van der Waals surface area contributed by atoms with Gasteiger partial charge in [-0.3, -0.25) is 9.69 Å². The monoisotopic (exact) mass is 447 g/mol. The molecular weight excluding hydrogens is 410 g/mol. The molecule has 2 N–H and O–H groups in total. The van der Waals surface area contributed by atoms with Gasteiger partial charge in [0, 0.05) is 13.1 Å². The first kappa shape index (κ1) is 23.4. The summed E-state index contributed by atoms with van der Waals surface area (Å²) in [6, 6.07) is 15.4. The summed E-state index contributed by atoms with van der Waals surface area (Å²) in [7, 11) is 0. The lowest BCUT2D eigenvalue weighted by atomic mass is 9.83. The van der Waals surface area contributed by atoms with Crippen LogP contribution < -0.4 is 5.32 Å². The maximum atomic E-state index is 13.8. The summed E-state index contributed by atoms with van der Waals surface area (Å²) >= 11 is 0. The summed E-state index contributed by atoms with van der Waals surface area (Å²) in [6.45, 7) is 12.1. The fourth-order valence-electron chi connectivity index (χ4n) is 5.20. The standard InChI is InChI=1S/C26H31N3O2.C2H6/c1-19-27-26(22-11-12-22,25(31)29(19)16-15-28-13-3-2-4-14-28)23-9-5-7-20(17-23)21-8-6-10-24(30)18-21;1-2/h5-10,17-18,22,27,30H,1-4,11-16H2;1-2H3. The van der Waals surface area contributed by atoms with Crippen molar-refractivity contribution in [2.45, 2.75) is 51.5 Å². The molecule has 3 fully saturated rings. The van der Waals surface area contributed by atoms with Crippen molar-refractivity contribution in [3.8, 4) is 16.9 Å². The molecule has 5 rings (SSSR count). The maximum Gasteiger partial charge on any atom is 0.258 e. The van der Waals surface area contributed by atoms with Crippen molar-refractivity contribution in [2.75, 3.05) is 26.2 Å². The minimum Gasteiger partial charge on any atom is -0.508 e. The van der Waals surface area contributed by atoms with Crippen molar-refractivity contribution >= 4 is 5.91 Å². The van der Waals surface area contributed by atoms with Gasteiger partial charge in [-0.15, -0.1) is 0 Å². The first-order valence-corrected chi connectivity index (χ1v) is 12.5. The molecule has 1 aliphatic carbocycles. The lowest BCUT2D eigenvalue weighted by Gasteiger charge is -2.30. The number of nitrogens with zero attached hydrogens (tertiary/aromatic N) is 2. The van der Waals surface area contributed by atoms with E-state index in [0.717, 1.165) is 55.0 Å². The van der Waals surface area contributed by atoms with Crippen molar-refractivity contribution in [3.05, 3.63) is 66.5 Å². The van der Waals surface area contributed by atoms with Gasteiger partial charge in [-0.1, -0.05) is 57.2 Å². The lowest BCUT2D eigenvalue weighted by Crippen LogP contribution is -2.46. The Hall–Kier alpha value is -2.79. The van der Waals surface area contributed by atoms with E-state index in [1.165, 1.54) is 19.3 Å². The molecule has 3 aliphatic rings. The fourth-order valence-corrected chi connectivity index (χ4v) is 5.20. The molecule has 1 saturated carbocycles. The van der Waals surface area contributed by atoms with Crippen LogP contribution in [0.25, 0.3) is 11.1 Å². The Morgan fingerprint density at radius 2 is 1.67 bits per heavy atom. The van der Waals surface area contributed by atoms with Crippen LogP contribution in [-0.2, 0) is 10.3 Å². The number of phenolic OH excluding ortho intramolecular Hbond substituents is 1. The van der Waals surface area contributed by atoms with Crippen LogP contribution in [0.4, 0.5) is 0 Å². The smallest absolute Gasteiger partial charge is 0.258 e. The van der Waals surface area contributed by atoms with Crippen LogP contribution in [0.2, 0.25) is 0 Å². The number of benzene rings is 2. The number of amides is 1. The zero-order valence-electron chi connectivity index (χ0n) is 20.0. The predicted octanol–water partition coefficient (Wildman–Crippen LogP) is 5.08. The third kappa shape index (κ3) is 4.65. The number of aromatic hydroxyl groups is 1. The number of phenols is 1. The van der Waals surface area contributed by atoms with Crippen LogP contribution in [0.15, 0.2) is 60.9 Å². The number of piperidine rings is 1. The first-order valence-electron chi connectivity index (χ1n) is 12.5. The molecule has 5 nitrogen and oxygen atoms in total. The van der Waals surface area contributed by atoms with E-state index in [0.29, 0.717) is 6.54 Å². The maximum absolute atomic E-state index is 13.8. The number of nitrogens with one attached hydrogen (secondary N) is 1. The van der Waals surface area contributed by atoms with E-state index in [9.17, 15) is 9.90 Å². The van der Waals surface area contributed by atoms with Crippen LogP contribution in [-0.4, -0.2) is 47.0 Å². The van der Waals surface area contributed by atoms with E-state index in [2.05, 4.69) is 28.9 Å². The van der Waals surface area contributed by atoms with E-state index in [-0.39, 0.29) is 17.6 Å². The summed E-state index contributed by atoms with van der Waals surface area (Å²) in [4.78, 5) is 18.2. The summed E-state index contributed by atoms with van der Waals surface area (Å²) in [5, 5.41) is 13.4. The second-order valence-corrected chi connectivity index (χ2v) is 9.14. The molecule has 5 heteroatoms. The lowest BCUT2D eigenvalue weighted by molar-refractivity contribution is -0.133. The molecule has 0 aromatic heterocycles. The SMILES string of the molecule is C=C1NC(c2cccc(-c3cccc(O)c3)c2)(C2CC2)C(=O)N1CCN1CCCCC1.CC. The molecule has 2 aromatic carbocycles. The molecule has 1 atom stereocenters. The van der Waals surface area contributed by atoms with Crippen molar-refractivity contribution in [1.29, 1.82) is 0 Å². The van der Waals surface area contributed by atoms with Crippen LogP contribution in [0, 0.1) is 5.92 Å². The Morgan fingerprint density at radius 1 is 1.00 bits per heavy atom. The highest BCUT2D eigenvalue weighted by molar-refractivity contribution is 5.93. The van der Waals surface area contributed by atoms with E-state index >= 15 is 0 Å². The van der Waals surface area contributed by atoms with Crippen LogP contribution in [0.5, 0.6) is 5.75 Å². The normalized spacial score (nSPS) is 23.2. The second-order valence-electron chi connectivity index (χ2n) is 9.14. The Kier molecular flexibility index (Phi) is 7.08. The Morgan fingerprint density at radius 3 is 2.33 bits per heavy atom. The minimum atomic E-state index is -0.730. The van der Waals surface area contributed by atoms with Gasteiger partial charge in [0.2, 0.25) is 0 Å². The molecule has 2 aromatic rings. The zero-order valence-corrected chi connectivity index (χ0v) is 20.0. The topological polar surface area (TPSA) is 55.8 Å². The van der Waals surface area contributed by atoms with Gasteiger partial charge in [-0.25, -0.2) is 0 Å². The molecule has 0 radical (unpaired) electrons. The van der Waals surface area contributed by atoms with Gasteiger partial charge >= 0.3 is 0 Å². The molecule has 0 bridgehead atoms. The van der Waals surface area contributed by atoms with Gasteiger partial charge in [0.15, 0.2) is 0 Å². The Balaban J connectivity index is 0.00000126. The minimum absolute atomic E-state index is 0.130. The highest BCUT2D eigenvalue weighted by atomic mass is 16.3. The number of hydrogen-bond acceptors (Lipinski definition) is 4. The van der Waals surface area contributed by atoms with Gasteiger partial charge in [0.1, 0.15) is 17.1 Å². The molecule has 33 heavy (non-hydrogen) atoms. The zero-order chi connectivity index (χ0) is 23.4. The van der Waals surface area contributed by atoms with Gasteiger partial charge in [-0.2, -0.15) is 0 Å². The van der Waals surface area contributed by atoms with E-state index in [4.69, 9.17) is 0 Å². The van der Waals surface area contributed by atoms with Gasteiger partial charge in [0.05, 0.1) is 0 Å². The van der Waals surface area contributed by atoms with Gasteiger partial charge in [-0.05, 0) is 79.6 Å². The largest absolute Gasteiger partial charge is 0.508 e. The number of carbonyl (C=O) groups excluding carboxylic acids is 1. The predicted molar refractivity (Wildman–Crippen MR) is 134 cm³/mol. The second kappa shape index (κ2) is 10.0. The van der Waals surface area contributed by atoms with Gasteiger partial charge in [0.25, 0.3) is 5.91 Å². The van der Waals surface area contributed by atoms with E-state index in [1.54, 1.807) is 12.1 Å². The van der Waals surface area contributed by atoms with Crippen molar-refractivity contribution in [1.82, 2.24) is 15.1 Å². The quantitative estimate of drug-likeness (QED) is 0.648. The van der Waals surface area contributed by atoms with Crippen molar-refractivity contribution in [2.24, 2.45) is 5.92 Å². The summed E-state index contributed by atoms with van der Waals surface area (Å²) in [5.41, 5.74) is 2.20. The van der Waals surface area contributed by atoms with E-state index in [1.807, 2.05) is 43.0 Å². The Labute approximate surface area is 198 Å².